The van der Waals surface area contributed by atoms with Crippen molar-refractivity contribution in [3.63, 3.8) is 0 Å². The molecule has 31 heavy (non-hydrogen) atoms. The summed E-state index contributed by atoms with van der Waals surface area (Å²) in [6, 6.07) is 10.2. The van der Waals surface area contributed by atoms with E-state index < -0.39 is 0 Å². The molecule has 162 valence electrons. The second-order valence-corrected chi connectivity index (χ2v) is 10.0. The molecule has 1 atom stereocenters. The van der Waals surface area contributed by atoms with Gasteiger partial charge in [0.05, 0.1) is 32.1 Å². The fourth-order valence-corrected chi connectivity index (χ4v) is 5.33. The van der Waals surface area contributed by atoms with Crippen LogP contribution in [0.3, 0.4) is 0 Å². The van der Waals surface area contributed by atoms with E-state index in [1.165, 1.54) is 29.2 Å². The molecule has 2 heterocycles. The molecule has 3 aromatic rings. The summed E-state index contributed by atoms with van der Waals surface area (Å²) in [7, 11) is 0. The van der Waals surface area contributed by atoms with E-state index in [1.807, 2.05) is 12.1 Å². The second kappa shape index (κ2) is 10.2. The van der Waals surface area contributed by atoms with E-state index in [-0.39, 0.29) is 17.9 Å². The van der Waals surface area contributed by atoms with E-state index >= 15 is 0 Å². The number of thiazole rings is 1. The van der Waals surface area contributed by atoms with Crippen LogP contribution >= 0.6 is 46.3 Å². The molecular formula is C21H19Cl2N3O3S2. The Bertz CT molecular complexity index is 1120. The van der Waals surface area contributed by atoms with Crippen molar-refractivity contribution in [1.29, 1.82) is 0 Å². The van der Waals surface area contributed by atoms with Crippen molar-refractivity contribution in [3.05, 3.63) is 52.0 Å². The van der Waals surface area contributed by atoms with E-state index in [2.05, 4.69) is 15.6 Å². The first-order chi connectivity index (χ1) is 15.0. The normalized spacial score (nSPS) is 15.9. The molecule has 4 rings (SSSR count). The Balaban J connectivity index is 1.34. The summed E-state index contributed by atoms with van der Waals surface area (Å²) in [5, 5.41) is 6.49. The quantitative estimate of drug-likeness (QED) is 0.437. The van der Waals surface area contributed by atoms with E-state index in [0.29, 0.717) is 33.6 Å². The molecule has 2 amide bonds. The Morgan fingerprint density at radius 1 is 1.19 bits per heavy atom. The first-order valence-corrected chi connectivity index (χ1v) is 12.2. The zero-order chi connectivity index (χ0) is 21.8. The van der Waals surface area contributed by atoms with E-state index in [9.17, 15) is 9.59 Å². The van der Waals surface area contributed by atoms with Gasteiger partial charge in [-0.2, -0.15) is 0 Å². The number of halogens is 2. The number of ether oxygens (including phenoxy) is 1. The number of anilines is 1. The number of nitrogens with zero attached hydrogens (tertiary/aromatic N) is 1. The molecule has 0 bridgehead atoms. The highest BCUT2D eigenvalue weighted by Crippen LogP contribution is 2.31. The minimum Gasteiger partial charge on any atom is -0.376 e. The van der Waals surface area contributed by atoms with E-state index in [0.717, 1.165) is 34.0 Å². The van der Waals surface area contributed by atoms with E-state index in [4.69, 9.17) is 27.9 Å². The third-order valence-electron chi connectivity index (χ3n) is 4.69. The largest absolute Gasteiger partial charge is 0.376 e. The Labute approximate surface area is 197 Å². The molecule has 0 unspecified atom stereocenters. The molecule has 2 N–H and O–H groups in total. The molecule has 0 saturated carbocycles. The van der Waals surface area contributed by atoms with Crippen molar-refractivity contribution in [2.24, 2.45) is 0 Å². The predicted octanol–water partition coefficient (Wildman–Crippen LogP) is 5.24. The number of thioether (sulfide) groups is 1. The number of rotatable bonds is 7. The molecular weight excluding hydrogens is 477 g/mol. The third-order valence-corrected chi connectivity index (χ3v) is 7.59. The van der Waals surface area contributed by atoms with Crippen LogP contribution in [-0.4, -0.2) is 41.8 Å². The fourth-order valence-electron chi connectivity index (χ4n) is 3.09. The number of nitrogens with one attached hydrogen (secondary N) is 2. The molecule has 10 heteroatoms. The highest BCUT2D eigenvalue weighted by Gasteiger charge is 2.16. The number of aromatic nitrogens is 1. The van der Waals surface area contributed by atoms with Gasteiger partial charge in [0.1, 0.15) is 0 Å². The lowest BCUT2D eigenvalue weighted by atomic mass is 10.2. The second-order valence-electron chi connectivity index (χ2n) is 6.97. The third kappa shape index (κ3) is 5.90. The van der Waals surface area contributed by atoms with Crippen LogP contribution in [-0.2, 0) is 9.53 Å². The van der Waals surface area contributed by atoms with Crippen LogP contribution in [0, 0.1) is 0 Å². The van der Waals surface area contributed by atoms with Crippen molar-refractivity contribution in [1.82, 2.24) is 10.3 Å². The number of carbonyl (C=O) groups is 2. The lowest BCUT2D eigenvalue weighted by Crippen LogP contribution is -2.32. The van der Waals surface area contributed by atoms with Gasteiger partial charge in [-0.25, -0.2) is 4.98 Å². The molecule has 1 aliphatic rings. The summed E-state index contributed by atoms with van der Waals surface area (Å²) in [4.78, 5) is 29.1. The highest BCUT2D eigenvalue weighted by molar-refractivity contribution is 8.01. The van der Waals surface area contributed by atoms with Gasteiger partial charge in [-0.1, -0.05) is 35.0 Å². The van der Waals surface area contributed by atoms with Gasteiger partial charge in [0.25, 0.3) is 5.91 Å². The summed E-state index contributed by atoms with van der Waals surface area (Å²) < 4.78 is 7.24. The van der Waals surface area contributed by atoms with Crippen LogP contribution in [0.1, 0.15) is 23.2 Å². The molecule has 1 aromatic heterocycles. The maximum absolute atomic E-state index is 12.5. The molecule has 0 spiro atoms. The molecule has 1 fully saturated rings. The summed E-state index contributed by atoms with van der Waals surface area (Å²) in [5.74, 6) is -0.0118. The zero-order valence-electron chi connectivity index (χ0n) is 16.3. The lowest BCUT2D eigenvalue weighted by molar-refractivity contribution is -0.119. The van der Waals surface area contributed by atoms with Crippen molar-refractivity contribution >= 4 is 74.0 Å². The molecule has 1 aliphatic heterocycles. The van der Waals surface area contributed by atoms with Crippen LogP contribution in [0.15, 0.2) is 40.7 Å². The van der Waals surface area contributed by atoms with Crippen LogP contribution in [0.4, 0.5) is 5.69 Å². The lowest BCUT2D eigenvalue weighted by Gasteiger charge is -2.09. The SMILES string of the molecule is O=C(CSc1nc2ccc(NC(=O)c3ccc(Cl)c(Cl)c3)cc2s1)NC[C@H]1CCCO1. The van der Waals surface area contributed by atoms with Gasteiger partial charge in [0, 0.05) is 24.4 Å². The number of fused-ring (bicyclic) bond motifs is 1. The average molecular weight is 496 g/mol. The number of amides is 2. The van der Waals surface area contributed by atoms with Gasteiger partial charge < -0.3 is 15.4 Å². The molecule has 1 saturated heterocycles. The van der Waals surface area contributed by atoms with E-state index in [1.54, 1.807) is 18.2 Å². The molecule has 6 nitrogen and oxygen atoms in total. The fraction of sp³-hybridized carbons (Fsp3) is 0.286. The van der Waals surface area contributed by atoms with Crippen LogP contribution in [0.25, 0.3) is 10.2 Å². The maximum atomic E-state index is 12.5. The number of benzene rings is 2. The van der Waals surface area contributed by atoms with Gasteiger partial charge in [-0.15, -0.1) is 11.3 Å². The minimum atomic E-state index is -0.278. The predicted molar refractivity (Wildman–Crippen MR) is 127 cm³/mol. The van der Waals surface area contributed by atoms with Crippen molar-refractivity contribution < 1.29 is 14.3 Å². The smallest absolute Gasteiger partial charge is 0.255 e. The minimum absolute atomic E-state index is 0.0330. The van der Waals surface area contributed by atoms with Gasteiger partial charge in [-0.05, 0) is 49.2 Å². The monoisotopic (exact) mass is 495 g/mol. The zero-order valence-corrected chi connectivity index (χ0v) is 19.5. The average Bonchev–Trinajstić information content (AvgIpc) is 3.41. The molecule has 0 radical (unpaired) electrons. The van der Waals surface area contributed by atoms with Gasteiger partial charge in [0.2, 0.25) is 5.91 Å². The van der Waals surface area contributed by atoms with Crippen LogP contribution in [0.2, 0.25) is 10.0 Å². The van der Waals surface area contributed by atoms with Gasteiger partial charge in [0.15, 0.2) is 4.34 Å². The summed E-state index contributed by atoms with van der Waals surface area (Å²) in [5.41, 5.74) is 1.89. The number of hydrogen-bond donors (Lipinski definition) is 2. The molecule has 0 aliphatic carbocycles. The standard InChI is InChI=1S/C21H19Cl2N3O3S2/c22-15-5-3-12(8-16(15)23)20(28)25-13-4-6-17-18(9-13)31-21(26-17)30-11-19(27)24-10-14-2-1-7-29-14/h3-6,8-9,14H,1-2,7,10-11H2,(H,24,27)(H,25,28)/t14-/m1/s1. The Morgan fingerprint density at radius 2 is 2.06 bits per heavy atom. The van der Waals surface area contributed by atoms with Crippen molar-refractivity contribution in [2.75, 3.05) is 24.2 Å². The van der Waals surface area contributed by atoms with Crippen molar-refractivity contribution in [3.8, 4) is 0 Å². The highest BCUT2D eigenvalue weighted by atomic mass is 35.5. The number of carbonyl (C=O) groups excluding carboxylic acids is 2. The Morgan fingerprint density at radius 3 is 2.84 bits per heavy atom. The Hall–Kier alpha value is -1.84. The topological polar surface area (TPSA) is 80.3 Å². The Kier molecular flexibility index (Phi) is 7.35. The number of hydrogen-bond acceptors (Lipinski definition) is 6. The first-order valence-electron chi connectivity index (χ1n) is 9.66. The van der Waals surface area contributed by atoms with Crippen LogP contribution in [0.5, 0.6) is 0 Å². The molecule has 2 aromatic carbocycles. The van der Waals surface area contributed by atoms with Gasteiger partial charge in [-0.3, -0.25) is 9.59 Å². The summed E-state index contributed by atoms with van der Waals surface area (Å²) in [6.45, 7) is 1.33. The van der Waals surface area contributed by atoms with Crippen LogP contribution < -0.4 is 10.6 Å². The van der Waals surface area contributed by atoms with Crippen molar-refractivity contribution in [2.45, 2.75) is 23.3 Å². The first kappa shape index (κ1) is 22.4. The summed E-state index contributed by atoms with van der Waals surface area (Å²) >= 11 is 14.8. The van der Waals surface area contributed by atoms with Gasteiger partial charge >= 0.3 is 0 Å². The summed E-state index contributed by atoms with van der Waals surface area (Å²) in [6.07, 6.45) is 2.18. The maximum Gasteiger partial charge on any atom is 0.255 e.